The highest BCUT2D eigenvalue weighted by Crippen LogP contribution is 2.19. The molecular weight excluding hydrogens is 202 g/mol. The maximum Gasteiger partial charge on any atom is 0.328 e. The molecule has 0 spiro atoms. The van der Waals surface area contributed by atoms with Gasteiger partial charge in [0.15, 0.2) is 6.04 Å². The van der Waals surface area contributed by atoms with E-state index in [1.807, 2.05) is 0 Å². The number of carboxylic acids is 1. The predicted octanol–water partition coefficient (Wildman–Crippen LogP) is 1.07. The quantitative estimate of drug-likeness (QED) is 0.595. The Morgan fingerprint density at radius 1 is 1.67 bits per heavy atom. The summed E-state index contributed by atoms with van der Waals surface area (Å²) < 4.78 is 1.10. The number of rotatable bonds is 4. The van der Waals surface area contributed by atoms with Gasteiger partial charge in [0, 0.05) is 0 Å². The van der Waals surface area contributed by atoms with Gasteiger partial charge in [0.1, 0.15) is 12.4 Å². The van der Waals surface area contributed by atoms with E-state index >= 15 is 0 Å². The lowest BCUT2D eigenvalue weighted by Gasteiger charge is -2.15. The van der Waals surface area contributed by atoms with Crippen LogP contribution in [-0.4, -0.2) is 25.8 Å². The zero-order chi connectivity index (χ0) is 11.6. The van der Waals surface area contributed by atoms with Crippen molar-refractivity contribution in [1.29, 1.82) is 0 Å². The van der Waals surface area contributed by atoms with Gasteiger partial charge in [0.05, 0.1) is 4.92 Å². The van der Waals surface area contributed by atoms with Crippen molar-refractivity contribution >= 4 is 11.7 Å². The highest BCUT2D eigenvalue weighted by Gasteiger charge is 2.25. The zero-order valence-electron chi connectivity index (χ0n) is 8.32. The van der Waals surface area contributed by atoms with Crippen LogP contribution in [0.25, 0.3) is 0 Å². The summed E-state index contributed by atoms with van der Waals surface area (Å²) in [6.45, 7) is 3.43. The SMILES string of the molecule is CC(C)C(C(=O)O)n1cc([N+](=O)[O-])cn1. The average molecular weight is 213 g/mol. The molecule has 0 aliphatic rings. The molecule has 15 heavy (non-hydrogen) atoms. The van der Waals surface area contributed by atoms with Crippen LogP contribution >= 0.6 is 0 Å². The summed E-state index contributed by atoms with van der Waals surface area (Å²) in [6, 6.07) is -0.876. The van der Waals surface area contributed by atoms with Crippen molar-refractivity contribution < 1.29 is 14.8 Å². The maximum atomic E-state index is 10.9. The molecule has 1 unspecified atom stereocenters. The number of aliphatic carboxylic acids is 1. The molecule has 0 aliphatic heterocycles. The Labute approximate surface area is 85.5 Å². The van der Waals surface area contributed by atoms with Crippen LogP contribution in [0.5, 0.6) is 0 Å². The first-order valence-electron chi connectivity index (χ1n) is 4.35. The van der Waals surface area contributed by atoms with E-state index in [9.17, 15) is 14.9 Å². The number of nitrogens with zero attached hydrogens (tertiary/aromatic N) is 3. The van der Waals surface area contributed by atoms with Gasteiger partial charge in [-0.1, -0.05) is 13.8 Å². The van der Waals surface area contributed by atoms with Crippen molar-refractivity contribution in [2.45, 2.75) is 19.9 Å². The van der Waals surface area contributed by atoms with Crippen molar-refractivity contribution in [1.82, 2.24) is 9.78 Å². The van der Waals surface area contributed by atoms with E-state index in [0.717, 1.165) is 17.1 Å². The number of hydrogen-bond donors (Lipinski definition) is 1. The van der Waals surface area contributed by atoms with E-state index < -0.39 is 16.9 Å². The first-order chi connectivity index (χ1) is 6.93. The van der Waals surface area contributed by atoms with Crippen LogP contribution in [0.2, 0.25) is 0 Å². The Morgan fingerprint density at radius 2 is 2.27 bits per heavy atom. The topological polar surface area (TPSA) is 98.3 Å². The van der Waals surface area contributed by atoms with Gasteiger partial charge in [-0.25, -0.2) is 4.79 Å². The molecule has 1 N–H and O–H groups in total. The predicted molar refractivity (Wildman–Crippen MR) is 50.4 cm³/mol. The second-order valence-electron chi connectivity index (χ2n) is 3.46. The summed E-state index contributed by atoms with van der Waals surface area (Å²) in [5, 5.41) is 23.0. The smallest absolute Gasteiger partial charge is 0.328 e. The molecule has 0 amide bonds. The molecule has 7 nitrogen and oxygen atoms in total. The van der Waals surface area contributed by atoms with Gasteiger partial charge in [-0.05, 0) is 5.92 Å². The minimum atomic E-state index is -1.05. The van der Waals surface area contributed by atoms with Gasteiger partial charge in [-0.15, -0.1) is 0 Å². The lowest BCUT2D eigenvalue weighted by atomic mass is 10.1. The third-order valence-electron chi connectivity index (χ3n) is 1.97. The van der Waals surface area contributed by atoms with Gasteiger partial charge < -0.3 is 5.11 Å². The van der Waals surface area contributed by atoms with Gasteiger partial charge in [-0.2, -0.15) is 5.10 Å². The Hall–Kier alpha value is -1.92. The molecule has 1 aromatic rings. The van der Waals surface area contributed by atoms with E-state index in [4.69, 9.17) is 5.11 Å². The van der Waals surface area contributed by atoms with Gasteiger partial charge in [0.25, 0.3) is 0 Å². The van der Waals surface area contributed by atoms with E-state index in [1.54, 1.807) is 13.8 Å². The van der Waals surface area contributed by atoms with Crippen molar-refractivity contribution in [3.8, 4) is 0 Å². The van der Waals surface area contributed by atoms with Crippen LogP contribution in [0.15, 0.2) is 12.4 Å². The minimum Gasteiger partial charge on any atom is -0.480 e. The molecular formula is C8H11N3O4. The Bertz CT molecular complexity index is 385. The van der Waals surface area contributed by atoms with Crippen molar-refractivity contribution in [2.75, 3.05) is 0 Å². The number of carbonyl (C=O) groups is 1. The van der Waals surface area contributed by atoms with Crippen molar-refractivity contribution in [3.63, 3.8) is 0 Å². The average Bonchev–Trinajstić information content (AvgIpc) is 2.51. The first kappa shape index (κ1) is 11.2. The van der Waals surface area contributed by atoms with Crippen LogP contribution in [0.3, 0.4) is 0 Å². The number of nitro groups is 1. The van der Waals surface area contributed by atoms with Crippen LogP contribution in [0.1, 0.15) is 19.9 Å². The fourth-order valence-corrected chi connectivity index (χ4v) is 1.28. The highest BCUT2D eigenvalue weighted by atomic mass is 16.6. The molecule has 1 aromatic heterocycles. The summed E-state index contributed by atoms with van der Waals surface area (Å²) >= 11 is 0. The Balaban J connectivity index is 3.02. The van der Waals surface area contributed by atoms with Crippen LogP contribution in [-0.2, 0) is 4.79 Å². The number of carboxylic acid groups (broad SMARTS) is 1. The largest absolute Gasteiger partial charge is 0.480 e. The van der Waals surface area contributed by atoms with E-state index in [0.29, 0.717) is 0 Å². The molecule has 0 bridgehead atoms. The maximum absolute atomic E-state index is 10.9. The molecule has 1 heterocycles. The molecule has 1 atom stereocenters. The minimum absolute atomic E-state index is 0.193. The number of aromatic nitrogens is 2. The second kappa shape index (κ2) is 4.07. The van der Waals surface area contributed by atoms with E-state index in [2.05, 4.69) is 5.10 Å². The molecule has 82 valence electrons. The molecule has 0 saturated carbocycles. The van der Waals surface area contributed by atoms with E-state index in [1.165, 1.54) is 0 Å². The van der Waals surface area contributed by atoms with Gasteiger partial charge in [-0.3, -0.25) is 14.8 Å². The van der Waals surface area contributed by atoms with Gasteiger partial charge in [0.2, 0.25) is 0 Å². The summed E-state index contributed by atoms with van der Waals surface area (Å²) in [7, 11) is 0. The fraction of sp³-hybridized carbons (Fsp3) is 0.500. The molecule has 1 rings (SSSR count). The van der Waals surface area contributed by atoms with Crippen molar-refractivity contribution in [2.24, 2.45) is 5.92 Å². The lowest BCUT2D eigenvalue weighted by molar-refractivity contribution is -0.385. The summed E-state index contributed by atoms with van der Waals surface area (Å²) in [5.41, 5.74) is -0.207. The molecule has 0 aromatic carbocycles. The molecule has 0 fully saturated rings. The normalized spacial score (nSPS) is 12.7. The Morgan fingerprint density at radius 3 is 2.60 bits per heavy atom. The summed E-state index contributed by atoms with van der Waals surface area (Å²) in [4.78, 5) is 20.7. The van der Waals surface area contributed by atoms with Gasteiger partial charge >= 0.3 is 11.7 Å². The van der Waals surface area contributed by atoms with E-state index in [-0.39, 0.29) is 11.6 Å². The standard InChI is InChI=1S/C8H11N3O4/c1-5(2)7(8(12)13)10-4-6(3-9-10)11(14)15/h3-5,7H,1-2H3,(H,12,13). The van der Waals surface area contributed by atoms with Crippen LogP contribution in [0.4, 0.5) is 5.69 Å². The lowest BCUT2D eigenvalue weighted by Crippen LogP contribution is -2.24. The molecule has 0 saturated heterocycles. The molecule has 0 radical (unpaired) electrons. The van der Waals surface area contributed by atoms with Crippen molar-refractivity contribution in [3.05, 3.63) is 22.5 Å². The first-order valence-corrected chi connectivity index (χ1v) is 4.35. The Kier molecular flexibility index (Phi) is 3.03. The molecule has 0 aliphatic carbocycles. The summed E-state index contributed by atoms with van der Waals surface area (Å²) in [6.07, 6.45) is 2.16. The monoisotopic (exact) mass is 213 g/mol. The zero-order valence-corrected chi connectivity index (χ0v) is 8.32. The molecule has 7 heteroatoms. The van der Waals surface area contributed by atoms with Crippen LogP contribution < -0.4 is 0 Å². The second-order valence-corrected chi connectivity index (χ2v) is 3.46. The van der Waals surface area contributed by atoms with Crippen LogP contribution in [0, 0.1) is 16.0 Å². The third kappa shape index (κ3) is 2.30. The summed E-state index contributed by atoms with van der Waals surface area (Å²) in [5.74, 6) is -1.25. The third-order valence-corrected chi connectivity index (χ3v) is 1.97. The number of hydrogen-bond acceptors (Lipinski definition) is 4. The fourth-order valence-electron chi connectivity index (χ4n) is 1.28. The highest BCUT2D eigenvalue weighted by molar-refractivity contribution is 5.72.